The number of aryl methyl sites for hydroxylation is 1. The number of carbonyl (C=O) groups is 2. The number of fused-ring (bicyclic) bond motifs is 1. The van der Waals surface area contributed by atoms with E-state index < -0.39 is 11.4 Å². The van der Waals surface area contributed by atoms with Crippen molar-refractivity contribution in [2.45, 2.75) is 51.4 Å². The Bertz CT molecular complexity index is 875. The number of benzene rings is 2. The predicted octanol–water partition coefficient (Wildman–Crippen LogP) is 4.55. The van der Waals surface area contributed by atoms with Crippen LogP contribution in [0, 0.1) is 5.41 Å². The van der Waals surface area contributed by atoms with Gasteiger partial charge in [0.2, 0.25) is 5.91 Å². The van der Waals surface area contributed by atoms with Crippen LogP contribution in [0.25, 0.3) is 0 Å². The second-order valence-electron chi connectivity index (χ2n) is 8.96. The van der Waals surface area contributed by atoms with E-state index in [0.717, 1.165) is 24.2 Å². The molecule has 0 heterocycles. The molecule has 3 rings (SSSR count). The fraction of sp³-hybridized carbons (Fsp3) is 0.440. The van der Waals surface area contributed by atoms with Gasteiger partial charge in [-0.25, -0.2) is 0 Å². The van der Waals surface area contributed by atoms with Gasteiger partial charge in [0.1, 0.15) is 13.2 Å². The molecule has 2 aromatic rings. The van der Waals surface area contributed by atoms with Gasteiger partial charge in [0, 0.05) is 10.5 Å². The lowest BCUT2D eigenvalue weighted by Gasteiger charge is -2.38. The zero-order valence-electron chi connectivity index (χ0n) is 18.1. The minimum Gasteiger partial charge on any atom is -0.460 e. The van der Waals surface area contributed by atoms with Crippen molar-refractivity contribution in [2.24, 2.45) is 5.41 Å². The lowest BCUT2D eigenvalue weighted by molar-refractivity contribution is -0.146. The van der Waals surface area contributed by atoms with Crippen LogP contribution in [-0.2, 0) is 33.8 Å². The average Bonchev–Trinajstić information content (AvgIpc) is 2.74. The summed E-state index contributed by atoms with van der Waals surface area (Å²) in [5, 5.41) is 2.87. The quantitative estimate of drug-likeness (QED) is 0.661. The Morgan fingerprint density at radius 1 is 1.03 bits per heavy atom. The van der Waals surface area contributed by atoms with E-state index in [1.165, 1.54) is 11.1 Å². The molecule has 2 aromatic carbocycles. The highest BCUT2D eigenvalue weighted by Crippen LogP contribution is 2.41. The van der Waals surface area contributed by atoms with Crippen LogP contribution in [0.2, 0.25) is 0 Å². The number of hydrogen-bond donors (Lipinski definition) is 1. The standard InChI is InChI=1S/C25H31NO3S/c1-24(2,3)30-18-25(14-13-20-11-7-8-12-21(20)15-25)23(28)26-16-22(27)29-17-19-9-5-4-6-10-19/h4-12H,13-18H2,1-3H3,(H,26,28). The maximum atomic E-state index is 13.3. The van der Waals surface area contributed by atoms with Crippen molar-refractivity contribution in [3.63, 3.8) is 0 Å². The fourth-order valence-corrected chi connectivity index (χ4v) is 4.75. The van der Waals surface area contributed by atoms with Crippen molar-refractivity contribution in [2.75, 3.05) is 12.3 Å². The SMILES string of the molecule is CC(C)(C)SCC1(C(=O)NCC(=O)OCc2ccccc2)CCc2ccccc2C1. The summed E-state index contributed by atoms with van der Waals surface area (Å²) in [4.78, 5) is 25.5. The van der Waals surface area contributed by atoms with E-state index in [4.69, 9.17) is 4.74 Å². The van der Waals surface area contributed by atoms with Crippen molar-refractivity contribution in [1.29, 1.82) is 0 Å². The van der Waals surface area contributed by atoms with Gasteiger partial charge < -0.3 is 10.1 Å². The number of rotatable bonds is 7. The molecular formula is C25H31NO3S. The van der Waals surface area contributed by atoms with E-state index in [1.54, 1.807) is 11.8 Å². The molecule has 1 aliphatic carbocycles. The first kappa shape index (κ1) is 22.4. The molecule has 0 bridgehead atoms. The van der Waals surface area contributed by atoms with E-state index in [0.29, 0.717) is 6.42 Å². The summed E-state index contributed by atoms with van der Waals surface area (Å²) in [6, 6.07) is 17.9. The zero-order valence-corrected chi connectivity index (χ0v) is 18.9. The van der Waals surface area contributed by atoms with Gasteiger partial charge in [-0.3, -0.25) is 9.59 Å². The minimum atomic E-state index is -0.508. The fourth-order valence-electron chi connectivity index (χ4n) is 3.67. The van der Waals surface area contributed by atoms with Crippen molar-refractivity contribution >= 4 is 23.6 Å². The third-order valence-electron chi connectivity index (χ3n) is 5.42. The topological polar surface area (TPSA) is 55.4 Å². The van der Waals surface area contributed by atoms with E-state index in [9.17, 15) is 9.59 Å². The molecule has 1 unspecified atom stereocenters. The maximum absolute atomic E-state index is 13.3. The Labute approximate surface area is 183 Å². The highest BCUT2D eigenvalue weighted by molar-refractivity contribution is 8.00. The first-order valence-corrected chi connectivity index (χ1v) is 11.4. The van der Waals surface area contributed by atoms with Gasteiger partial charge in [0.15, 0.2) is 0 Å². The van der Waals surface area contributed by atoms with Gasteiger partial charge >= 0.3 is 5.97 Å². The van der Waals surface area contributed by atoms with E-state index in [1.807, 2.05) is 36.4 Å². The molecule has 0 saturated heterocycles. The molecule has 0 fully saturated rings. The van der Waals surface area contributed by atoms with E-state index in [2.05, 4.69) is 44.3 Å². The molecule has 4 nitrogen and oxygen atoms in total. The Morgan fingerprint density at radius 2 is 1.70 bits per heavy atom. The highest BCUT2D eigenvalue weighted by atomic mass is 32.2. The molecule has 160 valence electrons. The molecule has 0 aliphatic heterocycles. The highest BCUT2D eigenvalue weighted by Gasteiger charge is 2.42. The number of hydrogen-bond acceptors (Lipinski definition) is 4. The molecule has 30 heavy (non-hydrogen) atoms. The molecule has 1 atom stereocenters. The van der Waals surface area contributed by atoms with Crippen LogP contribution in [0.5, 0.6) is 0 Å². The second kappa shape index (κ2) is 9.69. The molecule has 0 radical (unpaired) electrons. The van der Waals surface area contributed by atoms with Crippen molar-refractivity contribution in [1.82, 2.24) is 5.32 Å². The summed E-state index contributed by atoms with van der Waals surface area (Å²) >= 11 is 1.81. The zero-order chi connectivity index (χ0) is 21.6. The molecule has 1 amide bonds. The molecule has 5 heteroatoms. The van der Waals surface area contributed by atoms with Crippen molar-refractivity contribution in [3.8, 4) is 0 Å². The Kier molecular flexibility index (Phi) is 7.24. The van der Waals surface area contributed by atoms with E-state index in [-0.39, 0.29) is 23.8 Å². The van der Waals surface area contributed by atoms with Gasteiger partial charge in [-0.2, -0.15) is 11.8 Å². The summed E-state index contributed by atoms with van der Waals surface area (Å²) in [6.45, 7) is 6.62. The summed E-state index contributed by atoms with van der Waals surface area (Å²) < 4.78 is 5.38. The maximum Gasteiger partial charge on any atom is 0.325 e. The van der Waals surface area contributed by atoms with Crippen LogP contribution in [0.1, 0.15) is 43.9 Å². The number of amides is 1. The molecule has 0 spiro atoms. The van der Waals surface area contributed by atoms with Crippen LogP contribution < -0.4 is 5.32 Å². The molecule has 0 saturated carbocycles. The average molecular weight is 426 g/mol. The first-order chi connectivity index (χ1) is 14.3. The van der Waals surface area contributed by atoms with Crippen LogP contribution in [0.4, 0.5) is 0 Å². The Balaban J connectivity index is 1.63. The van der Waals surface area contributed by atoms with Gasteiger partial charge in [-0.05, 0) is 36.0 Å². The first-order valence-electron chi connectivity index (χ1n) is 10.5. The van der Waals surface area contributed by atoms with Crippen molar-refractivity contribution in [3.05, 3.63) is 71.3 Å². The largest absolute Gasteiger partial charge is 0.460 e. The molecule has 0 aromatic heterocycles. The Hall–Kier alpha value is -2.27. The van der Waals surface area contributed by atoms with Crippen LogP contribution in [0.15, 0.2) is 54.6 Å². The summed E-state index contributed by atoms with van der Waals surface area (Å²) in [5.74, 6) is 0.267. The van der Waals surface area contributed by atoms with Gasteiger partial charge in [-0.1, -0.05) is 75.4 Å². The lowest BCUT2D eigenvalue weighted by Crippen LogP contribution is -2.48. The third-order valence-corrected chi connectivity index (χ3v) is 6.98. The number of esters is 1. The van der Waals surface area contributed by atoms with Crippen molar-refractivity contribution < 1.29 is 14.3 Å². The van der Waals surface area contributed by atoms with Crippen LogP contribution in [0.3, 0.4) is 0 Å². The predicted molar refractivity (Wildman–Crippen MR) is 122 cm³/mol. The normalized spacial score (nSPS) is 18.4. The number of thioether (sulfide) groups is 1. The summed E-state index contributed by atoms with van der Waals surface area (Å²) in [5.41, 5.74) is 2.98. The molecule has 1 aliphatic rings. The van der Waals surface area contributed by atoms with E-state index >= 15 is 0 Å². The summed E-state index contributed by atoms with van der Waals surface area (Å²) in [6.07, 6.45) is 2.38. The van der Waals surface area contributed by atoms with Gasteiger partial charge in [0.25, 0.3) is 0 Å². The third kappa shape index (κ3) is 6.11. The monoisotopic (exact) mass is 425 g/mol. The smallest absolute Gasteiger partial charge is 0.325 e. The molecular weight excluding hydrogens is 394 g/mol. The number of carbonyl (C=O) groups excluding carboxylic acids is 2. The van der Waals surface area contributed by atoms with Crippen LogP contribution >= 0.6 is 11.8 Å². The molecule has 1 N–H and O–H groups in total. The van der Waals surface area contributed by atoms with Gasteiger partial charge in [0.05, 0.1) is 5.41 Å². The minimum absolute atomic E-state index is 0.0505. The Morgan fingerprint density at radius 3 is 2.40 bits per heavy atom. The number of nitrogens with one attached hydrogen (secondary N) is 1. The number of ether oxygens (including phenoxy) is 1. The second-order valence-corrected chi connectivity index (χ2v) is 10.8. The van der Waals surface area contributed by atoms with Crippen LogP contribution in [-0.4, -0.2) is 28.9 Å². The summed E-state index contributed by atoms with van der Waals surface area (Å²) in [7, 11) is 0. The lowest BCUT2D eigenvalue weighted by atomic mass is 9.72. The van der Waals surface area contributed by atoms with Gasteiger partial charge in [-0.15, -0.1) is 0 Å².